The molecule has 0 bridgehead atoms. The van der Waals surface area contributed by atoms with Crippen LogP contribution in [0.5, 0.6) is 0 Å². The lowest BCUT2D eigenvalue weighted by Gasteiger charge is -2.24. The van der Waals surface area contributed by atoms with Gasteiger partial charge in [-0.1, -0.05) is 67.0 Å². The minimum Gasteiger partial charge on any atom is -0.481 e. The molecular weight excluding hydrogens is 619 g/mol. The fourth-order valence-corrected chi connectivity index (χ4v) is 6.47. The van der Waals surface area contributed by atoms with E-state index in [4.69, 9.17) is 5.11 Å². The largest absolute Gasteiger partial charge is 0.481 e. The van der Waals surface area contributed by atoms with Gasteiger partial charge in [-0.05, 0) is 59.7 Å². The van der Waals surface area contributed by atoms with Crippen molar-refractivity contribution in [1.29, 1.82) is 5.26 Å². The summed E-state index contributed by atoms with van der Waals surface area (Å²) in [6.07, 6.45) is 0.925. The van der Waals surface area contributed by atoms with Crippen LogP contribution in [-0.2, 0) is 11.0 Å². The van der Waals surface area contributed by atoms with E-state index in [0.29, 0.717) is 21.7 Å². The summed E-state index contributed by atoms with van der Waals surface area (Å²) in [6.45, 7) is -0.0191. The molecule has 1 atom stereocenters. The molecule has 0 spiro atoms. The molecule has 1 aromatic heterocycles. The number of benzene rings is 3. The molecule has 9 nitrogen and oxygen atoms in total. The molecule has 3 amide bonds. The van der Waals surface area contributed by atoms with Crippen molar-refractivity contribution in [3.63, 3.8) is 0 Å². The molecule has 3 aromatic carbocycles. The van der Waals surface area contributed by atoms with Crippen molar-refractivity contribution in [3.8, 4) is 6.07 Å². The molecule has 1 unspecified atom stereocenters. The Labute approximate surface area is 266 Å². The van der Waals surface area contributed by atoms with Gasteiger partial charge >= 0.3 is 18.2 Å². The number of aromatic nitrogens is 1. The summed E-state index contributed by atoms with van der Waals surface area (Å²) in [5.74, 6) is -0.980. The van der Waals surface area contributed by atoms with Gasteiger partial charge in [-0.2, -0.15) is 18.4 Å². The molecule has 1 saturated carbocycles. The Morgan fingerprint density at radius 3 is 2.26 bits per heavy atom. The second kappa shape index (κ2) is 14.0. The number of carboxylic acids is 1. The maximum atomic E-state index is 13.4. The molecule has 4 N–H and O–H groups in total. The lowest BCUT2D eigenvalue weighted by atomic mass is 9.83. The first-order valence-corrected chi connectivity index (χ1v) is 15.5. The predicted octanol–water partition coefficient (Wildman–Crippen LogP) is 7.35. The summed E-state index contributed by atoms with van der Waals surface area (Å²) in [7, 11) is 0. The van der Waals surface area contributed by atoms with Gasteiger partial charge in [0.15, 0.2) is 5.13 Å². The minimum absolute atomic E-state index is 0.00121. The number of carboxylic acid groups (broad SMARTS) is 1. The molecule has 0 radical (unpaired) electrons. The highest BCUT2D eigenvalue weighted by Gasteiger charge is 2.34. The number of urea groups is 1. The van der Waals surface area contributed by atoms with Crippen molar-refractivity contribution in [2.75, 3.05) is 11.9 Å². The first-order valence-electron chi connectivity index (χ1n) is 14.7. The van der Waals surface area contributed by atoms with Crippen LogP contribution in [0.3, 0.4) is 0 Å². The normalized spacial score (nSPS) is 14.3. The molecule has 5 rings (SSSR count). The number of carbonyl (C=O) groups is 3. The van der Waals surface area contributed by atoms with Crippen LogP contribution in [0.25, 0.3) is 10.2 Å². The summed E-state index contributed by atoms with van der Waals surface area (Å²) < 4.78 is 40.6. The number of carbonyl (C=O) groups excluding carboxylic acids is 2. The van der Waals surface area contributed by atoms with Gasteiger partial charge in [0, 0.05) is 12.1 Å². The van der Waals surface area contributed by atoms with Crippen molar-refractivity contribution < 1.29 is 32.7 Å². The van der Waals surface area contributed by atoms with E-state index in [-0.39, 0.29) is 23.6 Å². The van der Waals surface area contributed by atoms with E-state index in [2.05, 4.69) is 33.1 Å². The first kappa shape index (κ1) is 32.4. The maximum absolute atomic E-state index is 13.4. The lowest BCUT2D eigenvalue weighted by Crippen LogP contribution is -2.33. The number of rotatable bonds is 9. The number of nitriles is 1. The van der Waals surface area contributed by atoms with E-state index in [9.17, 15) is 32.8 Å². The molecule has 238 valence electrons. The number of anilines is 1. The van der Waals surface area contributed by atoms with Gasteiger partial charge in [-0.3, -0.25) is 14.9 Å². The van der Waals surface area contributed by atoms with Gasteiger partial charge in [0.2, 0.25) is 0 Å². The number of alkyl halides is 3. The number of amides is 3. The van der Waals surface area contributed by atoms with Crippen molar-refractivity contribution in [2.45, 2.75) is 56.7 Å². The highest BCUT2D eigenvalue weighted by atomic mass is 32.1. The fourth-order valence-electron chi connectivity index (χ4n) is 5.59. The van der Waals surface area contributed by atoms with Crippen LogP contribution in [0.2, 0.25) is 0 Å². The predicted molar refractivity (Wildman–Crippen MR) is 167 cm³/mol. The van der Waals surface area contributed by atoms with Crippen LogP contribution in [0.1, 0.15) is 88.7 Å². The van der Waals surface area contributed by atoms with Crippen molar-refractivity contribution in [2.24, 2.45) is 0 Å². The molecular formula is C33H30F3N5O4S. The van der Waals surface area contributed by atoms with Crippen molar-refractivity contribution >= 4 is 44.6 Å². The zero-order chi connectivity index (χ0) is 32.8. The second-order valence-corrected chi connectivity index (χ2v) is 12.1. The number of nitrogens with zero attached hydrogens (tertiary/aromatic N) is 2. The number of halogens is 3. The Morgan fingerprint density at radius 2 is 1.65 bits per heavy atom. The summed E-state index contributed by atoms with van der Waals surface area (Å²) in [4.78, 5) is 40.6. The van der Waals surface area contributed by atoms with Crippen LogP contribution in [0, 0.1) is 11.3 Å². The quantitative estimate of drug-likeness (QED) is 0.149. The number of thiazole rings is 1. The monoisotopic (exact) mass is 649 g/mol. The number of hydrogen-bond donors (Lipinski definition) is 4. The Balaban J connectivity index is 1.38. The van der Waals surface area contributed by atoms with E-state index < -0.39 is 41.3 Å². The maximum Gasteiger partial charge on any atom is 0.417 e. The van der Waals surface area contributed by atoms with Gasteiger partial charge in [-0.15, -0.1) is 0 Å². The minimum atomic E-state index is -4.73. The molecule has 1 aliphatic carbocycles. The summed E-state index contributed by atoms with van der Waals surface area (Å²) >= 11 is 0.942. The molecule has 46 heavy (non-hydrogen) atoms. The smallest absolute Gasteiger partial charge is 0.417 e. The van der Waals surface area contributed by atoms with Crippen LogP contribution < -0.4 is 16.0 Å². The van der Waals surface area contributed by atoms with Gasteiger partial charge < -0.3 is 15.7 Å². The second-order valence-electron chi connectivity index (χ2n) is 11.0. The van der Waals surface area contributed by atoms with Gasteiger partial charge in [0.1, 0.15) is 0 Å². The average Bonchev–Trinajstić information content (AvgIpc) is 3.44. The first-order chi connectivity index (χ1) is 22.0. The van der Waals surface area contributed by atoms with Gasteiger partial charge in [0.05, 0.1) is 39.9 Å². The Kier molecular flexibility index (Phi) is 9.87. The highest BCUT2D eigenvalue weighted by Crippen LogP contribution is 2.37. The Morgan fingerprint density at radius 1 is 1.00 bits per heavy atom. The van der Waals surface area contributed by atoms with Crippen molar-refractivity contribution in [3.05, 3.63) is 94.0 Å². The number of nitrogens with one attached hydrogen (secondary N) is 3. The third kappa shape index (κ3) is 7.81. The van der Waals surface area contributed by atoms with E-state index in [1.54, 1.807) is 30.3 Å². The van der Waals surface area contributed by atoms with E-state index in [1.165, 1.54) is 24.8 Å². The molecule has 4 aromatic rings. The van der Waals surface area contributed by atoms with E-state index in [1.807, 2.05) is 12.1 Å². The summed E-state index contributed by atoms with van der Waals surface area (Å²) in [6, 6.07) is 16.7. The Hall–Kier alpha value is -4.96. The van der Waals surface area contributed by atoms with E-state index >= 15 is 0 Å². The van der Waals surface area contributed by atoms with Crippen LogP contribution in [0.15, 0.2) is 60.7 Å². The zero-order valence-electron chi connectivity index (χ0n) is 24.5. The van der Waals surface area contributed by atoms with Crippen LogP contribution in [0.4, 0.5) is 23.1 Å². The molecule has 1 heterocycles. The number of aliphatic carboxylic acids is 1. The fraction of sp³-hybridized carbons (Fsp3) is 0.303. The molecule has 0 aliphatic heterocycles. The molecule has 13 heteroatoms. The Bertz CT molecular complexity index is 1780. The topological polar surface area (TPSA) is 144 Å². The van der Waals surface area contributed by atoms with Crippen LogP contribution in [-0.4, -0.2) is 34.5 Å². The highest BCUT2D eigenvalue weighted by molar-refractivity contribution is 7.22. The zero-order valence-corrected chi connectivity index (χ0v) is 25.3. The van der Waals surface area contributed by atoms with Crippen LogP contribution >= 0.6 is 11.3 Å². The molecule has 0 saturated heterocycles. The summed E-state index contributed by atoms with van der Waals surface area (Å²) in [5, 5.41) is 26.1. The average molecular weight is 650 g/mol. The third-order valence-corrected chi connectivity index (χ3v) is 8.86. The lowest BCUT2D eigenvalue weighted by molar-refractivity contribution is -0.138. The number of hydrogen-bond acceptors (Lipinski definition) is 6. The van der Waals surface area contributed by atoms with E-state index in [0.717, 1.165) is 41.9 Å². The van der Waals surface area contributed by atoms with Gasteiger partial charge in [0.25, 0.3) is 5.91 Å². The van der Waals surface area contributed by atoms with Gasteiger partial charge in [-0.25, -0.2) is 9.78 Å². The standard InChI is InChI=1S/C33H30F3N5O4S/c34-33(35,36)25-17-26-27(16-24(25)18-37)46-32(39-26)41-31(45)40-29(21-8-6-20(7-9-21)19-4-2-1-3-5-19)22-10-12-23(13-11-22)30(44)38-15-14-28(42)43/h6-13,16-17,19,29H,1-5,14-15H2,(H,38,44)(H,42,43)(H2,39,40,41,45). The third-order valence-electron chi connectivity index (χ3n) is 7.93. The SMILES string of the molecule is N#Cc1cc2sc(NC(=O)NC(c3ccc(C(=O)NCCC(=O)O)cc3)c3ccc(C4CCCCC4)cc3)nc2cc1C(F)(F)F. The summed E-state index contributed by atoms with van der Waals surface area (Å²) in [5.41, 5.74) is 1.33. The number of fused-ring (bicyclic) bond motifs is 1. The molecule has 1 aliphatic rings. The molecule has 1 fully saturated rings. The van der Waals surface area contributed by atoms with Crippen molar-refractivity contribution in [1.82, 2.24) is 15.6 Å².